The zero-order valence-corrected chi connectivity index (χ0v) is 22.3. The average Bonchev–Trinajstić information content (AvgIpc) is 2.95. The summed E-state index contributed by atoms with van der Waals surface area (Å²) in [7, 11) is 5.75. The standard InChI is InChI=1S/C27H26ClN3O8/c1-35-21-11-16(14-30-31-24(32)15-29-26(33)18-7-5-6-8-19(18)28)9-10-20(21)39-27(34)17-12-22(36-2)25(38-4)23(13-17)37-3/h5-14H,15H2,1-4H3,(H,29,33)(H,31,32)/b30-14+. The van der Waals surface area contributed by atoms with Gasteiger partial charge in [-0.25, -0.2) is 10.2 Å². The number of nitrogens with zero attached hydrogens (tertiary/aromatic N) is 1. The first-order chi connectivity index (χ1) is 18.8. The van der Waals surface area contributed by atoms with Crippen LogP contribution in [0.3, 0.4) is 0 Å². The molecule has 3 aromatic carbocycles. The summed E-state index contributed by atoms with van der Waals surface area (Å²) in [5.41, 5.74) is 3.28. The van der Waals surface area contributed by atoms with E-state index < -0.39 is 17.8 Å². The molecule has 0 fully saturated rings. The fourth-order valence-corrected chi connectivity index (χ4v) is 3.55. The summed E-state index contributed by atoms with van der Waals surface area (Å²) < 4.78 is 26.7. The predicted octanol–water partition coefficient (Wildman–Crippen LogP) is 3.47. The van der Waals surface area contributed by atoms with Crippen LogP contribution < -0.4 is 34.4 Å². The molecular weight excluding hydrogens is 530 g/mol. The van der Waals surface area contributed by atoms with Gasteiger partial charge in [0.25, 0.3) is 11.8 Å². The molecule has 0 atom stereocenters. The number of nitrogens with one attached hydrogen (secondary N) is 2. The monoisotopic (exact) mass is 555 g/mol. The highest BCUT2D eigenvalue weighted by atomic mass is 35.5. The van der Waals surface area contributed by atoms with Gasteiger partial charge >= 0.3 is 5.97 Å². The summed E-state index contributed by atoms with van der Waals surface area (Å²) in [6, 6.07) is 14.1. The number of carbonyl (C=O) groups excluding carboxylic acids is 3. The van der Waals surface area contributed by atoms with Crippen LogP contribution in [0.5, 0.6) is 28.7 Å². The maximum atomic E-state index is 12.8. The molecule has 0 bridgehead atoms. The molecule has 0 aliphatic heterocycles. The number of esters is 1. The molecule has 12 heteroatoms. The lowest BCUT2D eigenvalue weighted by Crippen LogP contribution is -2.35. The predicted molar refractivity (Wildman–Crippen MR) is 144 cm³/mol. The minimum atomic E-state index is -0.680. The molecule has 0 radical (unpaired) electrons. The molecule has 11 nitrogen and oxygen atoms in total. The fraction of sp³-hybridized carbons (Fsp3) is 0.185. The Bertz CT molecular complexity index is 1370. The van der Waals surface area contributed by atoms with Crippen molar-refractivity contribution in [2.24, 2.45) is 5.10 Å². The topological polar surface area (TPSA) is 134 Å². The molecule has 204 valence electrons. The van der Waals surface area contributed by atoms with Crippen molar-refractivity contribution in [3.63, 3.8) is 0 Å². The second-order valence-corrected chi connectivity index (χ2v) is 8.08. The van der Waals surface area contributed by atoms with E-state index in [4.69, 9.17) is 35.3 Å². The highest BCUT2D eigenvalue weighted by Crippen LogP contribution is 2.38. The number of hydrogen-bond donors (Lipinski definition) is 2. The van der Waals surface area contributed by atoms with Crippen LogP contribution in [0.2, 0.25) is 5.02 Å². The quantitative estimate of drug-likeness (QED) is 0.159. The lowest BCUT2D eigenvalue weighted by molar-refractivity contribution is -0.120. The Labute approximate surface area is 229 Å². The highest BCUT2D eigenvalue weighted by Gasteiger charge is 2.20. The number of halogens is 1. The van der Waals surface area contributed by atoms with Gasteiger partial charge in [0.05, 0.1) is 57.3 Å². The SMILES string of the molecule is COc1cc(/C=N/NC(=O)CNC(=O)c2ccccc2Cl)ccc1OC(=O)c1cc(OC)c(OC)c(OC)c1. The number of carbonyl (C=O) groups is 3. The van der Waals surface area contributed by atoms with Crippen LogP contribution in [0.4, 0.5) is 0 Å². The molecule has 0 saturated heterocycles. The molecule has 0 aromatic heterocycles. The second-order valence-electron chi connectivity index (χ2n) is 7.67. The van der Waals surface area contributed by atoms with Crippen molar-refractivity contribution in [2.45, 2.75) is 0 Å². The summed E-state index contributed by atoms with van der Waals surface area (Å²) in [5, 5.41) is 6.62. The van der Waals surface area contributed by atoms with Gasteiger partial charge in [-0.15, -0.1) is 0 Å². The van der Waals surface area contributed by atoms with Crippen LogP contribution in [0, 0.1) is 0 Å². The van der Waals surface area contributed by atoms with Gasteiger partial charge in [0.2, 0.25) is 5.75 Å². The maximum Gasteiger partial charge on any atom is 0.343 e. The average molecular weight is 556 g/mol. The molecule has 0 aliphatic rings. The number of hydrogen-bond acceptors (Lipinski definition) is 9. The first-order valence-electron chi connectivity index (χ1n) is 11.4. The summed E-state index contributed by atoms with van der Waals surface area (Å²) in [6.45, 7) is -0.305. The Morgan fingerprint density at radius 3 is 2.13 bits per heavy atom. The lowest BCUT2D eigenvalue weighted by atomic mass is 10.1. The number of hydrazone groups is 1. The van der Waals surface area contributed by atoms with Crippen molar-refractivity contribution in [1.29, 1.82) is 0 Å². The molecule has 2 amide bonds. The summed E-state index contributed by atoms with van der Waals surface area (Å²) in [6.07, 6.45) is 1.36. The van der Waals surface area contributed by atoms with Gasteiger partial charge in [0, 0.05) is 0 Å². The molecule has 3 aromatic rings. The Balaban J connectivity index is 1.62. The van der Waals surface area contributed by atoms with Crippen LogP contribution in [0.25, 0.3) is 0 Å². The van der Waals surface area contributed by atoms with E-state index in [1.54, 1.807) is 36.4 Å². The molecule has 0 aliphatic carbocycles. The van der Waals surface area contributed by atoms with Crippen molar-refractivity contribution in [3.8, 4) is 28.7 Å². The Kier molecular flexibility index (Phi) is 10.1. The number of rotatable bonds is 11. The Morgan fingerprint density at radius 2 is 1.51 bits per heavy atom. The zero-order valence-electron chi connectivity index (χ0n) is 21.6. The van der Waals surface area contributed by atoms with Gasteiger partial charge in [-0.2, -0.15) is 5.10 Å². The largest absolute Gasteiger partial charge is 0.493 e. The number of methoxy groups -OCH3 is 4. The van der Waals surface area contributed by atoms with E-state index in [1.807, 2.05) is 0 Å². The van der Waals surface area contributed by atoms with Crippen molar-refractivity contribution in [3.05, 3.63) is 76.3 Å². The summed E-state index contributed by atoms with van der Waals surface area (Å²) in [4.78, 5) is 37.0. The lowest BCUT2D eigenvalue weighted by Gasteiger charge is -2.14. The summed E-state index contributed by atoms with van der Waals surface area (Å²) >= 11 is 5.98. The molecular formula is C27H26ClN3O8. The van der Waals surface area contributed by atoms with Crippen LogP contribution >= 0.6 is 11.6 Å². The van der Waals surface area contributed by atoms with Crippen molar-refractivity contribution in [2.75, 3.05) is 35.0 Å². The first kappa shape index (κ1) is 28.8. The maximum absolute atomic E-state index is 12.8. The van der Waals surface area contributed by atoms with E-state index in [-0.39, 0.29) is 34.2 Å². The summed E-state index contributed by atoms with van der Waals surface area (Å²) in [5.74, 6) is -0.373. The third kappa shape index (κ3) is 7.39. The van der Waals surface area contributed by atoms with Crippen LogP contribution in [0.1, 0.15) is 26.3 Å². The van der Waals surface area contributed by atoms with E-state index in [0.717, 1.165) is 0 Å². The van der Waals surface area contributed by atoms with Gasteiger partial charge in [-0.05, 0) is 48.0 Å². The molecule has 39 heavy (non-hydrogen) atoms. The number of amides is 2. The molecule has 0 saturated carbocycles. The molecule has 0 spiro atoms. The third-order valence-corrected chi connectivity index (χ3v) is 5.55. The van der Waals surface area contributed by atoms with Crippen molar-refractivity contribution >= 4 is 35.6 Å². The van der Waals surface area contributed by atoms with Gasteiger partial charge < -0.3 is 29.0 Å². The van der Waals surface area contributed by atoms with Crippen LogP contribution in [-0.2, 0) is 4.79 Å². The van der Waals surface area contributed by atoms with Crippen molar-refractivity contribution in [1.82, 2.24) is 10.7 Å². The second kappa shape index (κ2) is 13.7. The minimum absolute atomic E-state index is 0.153. The number of ether oxygens (including phenoxy) is 5. The van der Waals surface area contributed by atoms with Crippen LogP contribution in [0.15, 0.2) is 59.7 Å². The molecule has 0 unspecified atom stereocenters. The Hall–Kier alpha value is -4.77. The minimum Gasteiger partial charge on any atom is -0.493 e. The van der Waals surface area contributed by atoms with E-state index in [2.05, 4.69) is 15.8 Å². The van der Waals surface area contributed by atoms with Gasteiger partial charge in [0.15, 0.2) is 23.0 Å². The smallest absolute Gasteiger partial charge is 0.343 e. The van der Waals surface area contributed by atoms with E-state index in [9.17, 15) is 14.4 Å². The molecule has 3 rings (SSSR count). The van der Waals surface area contributed by atoms with Crippen LogP contribution in [-0.4, -0.2) is 59.0 Å². The molecule has 2 N–H and O–H groups in total. The van der Waals surface area contributed by atoms with E-state index >= 15 is 0 Å². The first-order valence-corrected chi connectivity index (χ1v) is 11.7. The van der Waals surface area contributed by atoms with E-state index in [0.29, 0.717) is 22.8 Å². The van der Waals surface area contributed by atoms with Crippen molar-refractivity contribution < 1.29 is 38.1 Å². The third-order valence-electron chi connectivity index (χ3n) is 5.22. The fourth-order valence-electron chi connectivity index (χ4n) is 3.33. The van der Waals surface area contributed by atoms with Gasteiger partial charge in [0.1, 0.15) is 0 Å². The Morgan fingerprint density at radius 1 is 0.846 bits per heavy atom. The van der Waals surface area contributed by atoms with E-state index in [1.165, 1.54) is 52.9 Å². The molecule has 0 heterocycles. The highest BCUT2D eigenvalue weighted by molar-refractivity contribution is 6.33. The zero-order chi connectivity index (χ0) is 28.4. The normalized spacial score (nSPS) is 10.5. The van der Waals surface area contributed by atoms with Gasteiger partial charge in [-0.3, -0.25) is 9.59 Å². The van der Waals surface area contributed by atoms with Gasteiger partial charge in [-0.1, -0.05) is 23.7 Å². The number of benzene rings is 3.